The number of rotatable bonds is 7. The molecule has 8 nitrogen and oxygen atoms in total. The smallest absolute Gasteiger partial charge is 0.408 e. The van der Waals surface area contributed by atoms with E-state index in [9.17, 15) is 4.79 Å². The molecule has 1 amide bonds. The number of amides is 1. The van der Waals surface area contributed by atoms with Crippen molar-refractivity contribution in [3.8, 4) is 17.1 Å². The Labute approximate surface area is 205 Å². The van der Waals surface area contributed by atoms with Gasteiger partial charge in [0.1, 0.15) is 18.0 Å². The van der Waals surface area contributed by atoms with Gasteiger partial charge in [0.05, 0.1) is 16.7 Å². The number of nitrogens with two attached hydrogens (primary N) is 1. The van der Waals surface area contributed by atoms with Crippen LogP contribution in [0.2, 0.25) is 0 Å². The van der Waals surface area contributed by atoms with Crippen LogP contribution in [0.4, 0.5) is 10.5 Å². The summed E-state index contributed by atoms with van der Waals surface area (Å²) < 4.78 is 13.4. The van der Waals surface area contributed by atoms with Crippen LogP contribution in [-0.2, 0) is 11.3 Å². The van der Waals surface area contributed by atoms with Crippen molar-refractivity contribution in [1.82, 2.24) is 19.7 Å². The minimum atomic E-state index is -0.435. The summed E-state index contributed by atoms with van der Waals surface area (Å²) in [6, 6.07) is 21.1. The highest BCUT2D eigenvalue weighted by Gasteiger charge is 2.45. The number of aromatic nitrogens is 3. The average Bonchev–Trinajstić information content (AvgIpc) is 3.37. The summed E-state index contributed by atoms with van der Waals surface area (Å²) in [6.45, 7) is 0.581. The van der Waals surface area contributed by atoms with E-state index in [1.165, 1.54) is 11.3 Å². The Kier molecular flexibility index (Phi) is 5.26. The molecule has 5 aromatic rings. The molecule has 6 rings (SSSR count). The van der Waals surface area contributed by atoms with Crippen LogP contribution in [0.15, 0.2) is 72.9 Å². The van der Waals surface area contributed by atoms with E-state index < -0.39 is 11.6 Å². The van der Waals surface area contributed by atoms with Crippen molar-refractivity contribution in [2.24, 2.45) is 0 Å². The number of carbonyl (C=O) groups excluding carboxylic acids is 1. The van der Waals surface area contributed by atoms with Crippen LogP contribution in [0.5, 0.6) is 5.88 Å². The largest absolute Gasteiger partial charge is 0.475 e. The maximum absolute atomic E-state index is 12.3. The van der Waals surface area contributed by atoms with Gasteiger partial charge >= 0.3 is 6.09 Å². The van der Waals surface area contributed by atoms with Crippen LogP contribution in [0.1, 0.15) is 18.4 Å². The number of carbonyl (C=O) groups is 1. The molecular weight excluding hydrogens is 462 g/mol. The van der Waals surface area contributed by atoms with Gasteiger partial charge < -0.3 is 20.5 Å². The van der Waals surface area contributed by atoms with E-state index in [2.05, 4.69) is 10.3 Å². The summed E-state index contributed by atoms with van der Waals surface area (Å²) >= 11 is 1.50. The van der Waals surface area contributed by atoms with Crippen molar-refractivity contribution >= 4 is 38.4 Å². The lowest BCUT2D eigenvalue weighted by Gasteiger charge is -2.17. The van der Waals surface area contributed by atoms with Gasteiger partial charge in [-0.05, 0) is 36.6 Å². The maximum Gasteiger partial charge on any atom is 0.408 e. The predicted octanol–water partition coefficient (Wildman–Crippen LogP) is 5.03. The van der Waals surface area contributed by atoms with Gasteiger partial charge in [0.25, 0.3) is 0 Å². The zero-order valence-electron chi connectivity index (χ0n) is 18.8. The van der Waals surface area contributed by atoms with Crippen molar-refractivity contribution in [3.63, 3.8) is 0 Å². The molecule has 0 atom stereocenters. The summed E-state index contributed by atoms with van der Waals surface area (Å²) in [7, 11) is 0. The molecule has 3 N–H and O–H groups in total. The van der Waals surface area contributed by atoms with Gasteiger partial charge in [-0.25, -0.2) is 14.8 Å². The monoisotopic (exact) mass is 485 g/mol. The highest BCUT2D eigenvalue weighted by Crippen LogP contribution is 2.36. The van der Waals surface area contributed by atoms with Gasteiger partial charge in [0.15, 0.2) is 4.96 Å². The fourth-order valence-corrected chi connectivity index (χ4v) is 4.86. The minimum absolute atomic E-state index is 0.238. The van der Waals surface area contributed by atoms with Crippen LogP contribution in [0.3, 0.4) is 0 Å². The van der Waals surface area contributed by atoms with Crippen molar-refractivity contribution in [2.75, 3.05) is 12.3 Å². The topological polar surface area (TPSA) is 104 Å². The molecule has 1 aliphatic carbocycles. The standard InChI is InChI=1S/C26H23N5O3S/c27-19-8-6-18(7-9-19)20-14-31-21-10-11-22(29-23(21)35-24(31)28-20)34-16-26(12-13-26)30-25(32)33-15-17-4-2-1-3-5-17/h1-11,14H,12-13,15-16,27H2,(H,30,32). The first-order valence-corrected chi connectivity index (χ1v) is 12.1. The zero-order valence-corrected chi connectivity index (χ0v) is 19.6. The van der Waals surface area contributed by atoms with Gasteiger partial charge in [-0.3, -0.25) is 4.40 Å². The summed E-state index contributed by atoms with van der Waals surface area (Å²) in [5, 5.41) is 2.95. The number of nitrogen functional groups attached to an aromatic ring is 1. The van der Waals surface area contributed by atoms with Crippen LogP contribution >= 0.6 is 11.3 Å². The first-order valence-electron chi connectivity index (χ1n) is 11.3. The Hall–Kier alpha value is -4.11. The van der Waals surface area contributed by atoms with E-state index in [1.807, 2.05) is 77.3 Å². The number of anilines is 1. The normalized spacial score (nSPS) is 14.2. The lowest BCUT2D eigenvalue weighted by Crippen LogP contribution is -2.41. The Balaban J connectivity index is 1.10. The quantitative estimate of drug-likeness (QED) is 0.313. The van der Waals surface area contributed by atoms with Gasteiger partial charge in [0.2, 0.25) is 5.88 Å². The molecule has 1 saturated carbocycles. The average molecular weight is 486 g/mol. The Morgan fingerprint density at radius 1 is 1.06 bits per heavy atom. The molecule has 176 valence electrons. The Morgan fingerprint density at radius 2 is 1.86 bits per heavy atom. The van der Waals surface area contributed by atoms with Crippen LogP contribution in [0.25, 0.3) is 26.6 Å². The molecule has 3 aromatic heterocycles. The van der Waals surface area contributed by atoms with Crippen LogP contribution < -0.4 is 15.8 Å². The number of fused-ring (bicyclic) bond motifs is 3. The van der Waals surface area contributed by atoms with Crippen molar-refractivity contribution in [3.05, 3.63) is 78.5 Å². The molecule has 1 fully saturated rings. The molecule has 35 heavy (non-hydrogen) atoms. The van der Waals surface area contributed by atoms with Gasteiger partial charge in [0, 0.05) is 23.5 Å². The highest BCUT2D eigenvalue weighted by molar-refractivity contribution is 7.23. The molecule has 2 aromatic carbocycles. The SMILES string of the molecule is Nc1ccc(-c2cn3c(n2)sc2nc(OCC4(NC(=O)OCc5ccccc5)CC4)ccc23)cc1. The van der Waals surface area contributed by atoms with E-state index >= 15 is 0 Å². The number of benzene rings is 2. The fourth-order valence-electron chi connectivity index (χ4n) is 3.89. The Morgan fingerprint density at radius 3 is 2.63 bits per heavy atom. The first kappa shape index (κ1) is 21.4. The molecule has 0 bridgehead atoms. The second kappa shape index (κ2) is 8.59. The van der Waals surface area contributed by atoms with Crippen molar-refractivity contribution < 1.29 is 14.3 Å². The number of nitrogens with zero attached hydrogens (tertiary/aromatic N) is 3. The molecular formula is C26H23N5O3S. The summed E-state index contributed by atoms with van der Waals surface area (Å²) in [6.07, 6.45) is 3.26. The van der Waals surface area contributed by atoms with Crippen LogP contribution in [0, 0.1) is 0 Å². The fraction of sp³-hybridized carbons (Fsp3) is 0.192. The number of pyridine rings is 1. The number of thiazole rings is 1. The molecule has 0 saturated heterocycles. The highest BCUT2D eigenvalue weighted by atomic mass is 32.1. The van der Waals surface area contributed by atoms with Gasteiger partial charge in [-0.15, -0.1) is 0 Å². The number of hydrogen-bond donors (Lipinski definition) is 2. The van der Waals surface area contributed by atoms with Crippen molar-refractivity contribution in [2.45, 2.75) is 25.0 Å². The number of ether oxygens (including phenoxy) is 2. The molecule has 0 unspecified atom stereocenters. The lowest BCUT2D eigenvalue weighted by atomic mass is 10.1. The Bertz CT molecular complexity index is 1510. The third-order valence-corrected chi connectivity index (χ3v) is 7.04. The van der Waals surface area contributed by atoms with Gasteiger partial charge in [-0.2, -0.15) is 0 Å². The second-order valence-corrected chi connectivity index (χ2v) is 9.69. The van der Waals surface area contributed by atoms with Crippen molar-refractivity contribution in [1.29, 1.82) is 0 Å². The number of hydrogen-bond acceptors (Lipinski definition) is 7. The molecule has 0 aliphatic heterocycles. The molecule has 0 radical (unpaired) electrons. The van der Waals surface area contributed by atoms with E-state index in [-0.39, 0.29) is 6.61 Å². The van der Waals surface area contributed by atoms with Gasteiger partial charge in [-0.1, -0.05) is 53.8 Å². The number of alkyl carbamates (subject to hydrolysis) is 1. The summed E-state index contributed by atoms with van der Waals surface area (Å²) in [4.78, 5) is 23.4. The predicted molar refractivity (Wildman–Crippen MR) is 135 cm³/mol. The van der Waals surface area contributed by atoms with Crippen LogP contribution in [-0.4, -0.2) is 32.6 Å². The van der Waals surface area contributed by atoms with E-state index in [0.29, 0.717) is 12.5 Å². The summed E-state index contributed by atoms with van der Waals surface area (Å²) in [5.41, 5.74) is 9.94. The maximum atomic E-state index is 12.3. The summed E-state index contributed by atoms with van der Waals surface area (Å²) in [5.74, 6) is 0.520. The number of nitrogens with one attached hydrogen (secondary N) is 1. The molecule has 1 aliphatic rings. The zero-order chi connectivity index (χ0) is 23.8. The van der Waals surface area contributed by atoms with E-state index in [0.717, 1.165) is 50.7 Å². The first-order chi connectivity index (χ1) is 17.1. The third-order valence-electron chi connectivity index (χ3n) is 6.07. The molecule has 9 heteroatoms. The number of imidazole rings is 1. The second-order valence-electron chi connectivity index (χ2n) is 8.73. The van der Waals surface area contributed by atoms with E-state index in [4.69, 9.17) is 20.2 Å². The lowest BCUT2D eigenvalue weighted by molar-refractivity contribution is 0.128. The molecule has 0 spiro atoms. The third kappa shape index (κ3) is 4.50. The molecule has 3 heterocycles. The van der Waals surface area contributed by atoms with E-state index in [1.54, 1.807) is 0 Å². The minimum Gasteiger partial charge on any atom is -0.475 e.